The molecule has 1 atom stereocenters. The third kappa shape index (κ3) is 2.77. The monoisotopic (exact) mass is 195 g/mol. The third-order valence-corrected chi connectivity index (χ3v) is 2.07. The van der Waals surface area contributed by atoms with Gasteiger partial charge in [0.25, 0.3) is 0 Å². The molecule has 1 rings (SSSR count). The first-order chi connectivity index (χ1) is 6.25. The van der Waals surface area contributed by atoms with Crippen molar-refractivity contribution in [2.45, 2.75) is 12.2 Å². The van der Waals surface area contributed by atoms with Gasteiger partial charge in [0.2, 0.25) is 0 Å². The first kappa shape index (κ1) is 10.1. The highest BCUT2D eigenvalue weighted by molar-refractivity contribution is 7.81. The summed E-state index contributed by atoms with van der Waals surface area (Å²) in [5, 5.41) is -0.582. The number of carbonyl (C=O) groups is 1. The minimum atomic E-state index is -0.582. The summed E-state index contributed by atoms with van der Waals surface area (Å²) in [6.07, 6.45) is 0. The van der Waals surface area contributed by atoms with Crippen LogP contribution in [0.4, 0.5) is 0 Å². The fourth-order valence-corrected chi connectivity index (χ4v) is 1.21. The number of hydrogen-bond donors (Lipinski definition) is 0. The Morgan fingerprint density at radius 2 is 2.08 bits per heavy atom. The van der Waals surface area contributed by atoms with Crippen molar-refractivity contribution in [1.82, 2.24) is 0 Å². The van der Waals surface area contributed by atoms with Gasteiger partial charge in [-0.2, -0.15) is 0 Å². The van der Waals surface area contributed by atoms with Crippen molar-refractivity contribution in [3.8, 4) is 0 Å². The van der Waals surface area contributed by atoms with Crippen molar-refractivity contribution in [3.05, 3.63) is 35.9 Å². The number of esters is 1. The van der Waals surface area contributed by atoms with Gasteiger partial charge in [-0.3, -0.25) is 4.79 Å². The van der Waals surface area contributed by atoms with E-state index in [2.05, 4.69) is 0 Å². The van der Waals surface area contributed by atoms with Gasteiger partial charge in [0, 0.05) is 0 Å². The van der Waals surface area contributed by atoms with Crippen LogP contribution in [0.2, 0.25) is 0 Å². The molecule has 1 unspecified atom stereocenters. The third-order valence-electron chi connectivity index (χ3n) is 1.60. The van der Waals surface area contributed by atoms with Gasteiger partial charge in [0.1, 0.15) is 5.25 Å². The van der Waals surface area contributed by atoms with E-state index in [9.17, 15) is 4.79 Å². The molecule has 1 aromatic carbocycles. The first-order valence-corrected chi connectivity index (χ1v) is 4.60. The lowest BCUT2D eigenvalue weighted by Crippen LogP contribution is -2.10. The molecule has 0 aromatic heterocycles. The molecule has 1 aromatic rings. The van der Waals surface area contributed by atoms with E-state index in [4.69, 9.17) is 17.4 Å². The van der Waals surface area contributed by atoms with E-state index in [0.717, 1.165) is 5.56 Å². The van der Waals surface area contributed by atoms with Crippen molar-refractivity contribution in [1.29, 1.82) is 0 Å². The van der Waals surface area contributed by atoms with Crippen molar-refractivity contribution in [2.75, 3.05) is 6.61 Å². The highest BCUT2D eigenvalue weighted by Crippen LogP contribution is 2.20. The molecule has 0 aliphatic heterocycles. The van der Waals surface area contributed by atoms with Gasteiger partial charge in [-0.25, -0.2) is 0 Å². The van der Waals surface area contributed by atoms with E-state index in [1.165, 1.54) is 0 Å². The molecule has 0 saturated carbocycles. The smallest absolute Gasteiger partial charge is 0.324 e. The van der Waals surface area contributed by atoms with Gasteiger partial charge in [-0.05, 0) is 12.5 Å². The Kier molecular flexibility index (Phi) is 3.83. The van der Waals surface area contributed by atoms with Gasteiger partial charge in [0.15, 0.2) is 0 Å². The summed E-state index contributed by atoms with van der Waals surface area (Å²) in [6, 6.07) is 9.25. The van der Waals surface area contributed by atoms with Crippen LogP contribution in [0.1, 0.15) is 17.7 Å². The standard InChI is InChI=1S/C10H11O2S/c1-2-12-10(11)9(13)8-6-4-3-5-7-8/h3-7,9H,2H2,1H3. The summed E-state index contributed by atoms with van der Waals surface area (Å²) in [4.78, 5) is 11.2. The molecule has 0 aliphatic rings. The van der Waals surface area contributed by atoms with Crippen molar-refractivity contribution in [2.24, 2.45) is 0 Å². The lowest BCUT2D eigenvalue weighted by molar-refractivity contribution is -0.142. The van der Waals surface area contributed by atoms with Crippen LogP contribution in [-0.2, 0) is 9.53 Å². The quantitative estimate of drug-likeness (QED) is 0.693. The van der Waals surface area contributed by atoms with E-state index in [1.807, 2.05) is 30.3 Å². The van der Waals surface area contributed by atoms with E-state index in [-0.39, 0.29) is 5.97 Å². The summed E-state index contributed by atoms with van der Waals surface area (Å²) in [7, 11) is 0. The SMILES string of the molecule is CCOC(=O)C([S])c1ccccc1. The molecular formula is C10H11O2S. The fourth-order valence-electron chi connectivity index (χ4n) is 0.982. The Morgan fingerprint density at radius 3 is 2.62 bits per heavy atom. The number of carbonyl (C=O) groups excluding carboxylic acids is 1. The Morgan fingerprint density at radius 1 is 1.46 bits per heavy atom. The van der Waals surface area contributed by atoms with E-state index < -0.39 is 5.25 Å². The maximum absolute atomic E-state index is 11.2. The second-order valence-corrected chi connectivity index (χ2v) is 3.01. The van der Waals surface area contributed by atoms with E-state index in [1.54, 1.807) is 6.92 Å². The topological polar surface area (TPSA) is 26.3 Å². The van der Waals surface area contributed by atoms with Crippen LogP contribution < -0.4 is 0 Å². The first-order valence-electron chi connectivity index (χ1n) is 4.13. The molecule has 3 heteroatoms. The fraction of sp³-hybridized carbons (Fsp3) is 0.300. The Hall–Kier alpha value is -0.960. The van der Waals surface area contributed by atoms with Crippen molar-refractivity contribution >= 4 is 18.6 Å². The summed E-state index contributed by atoms with van der Waals surface area (Å²) in [5.41, 5.74) is 0.816. The molecule has 0 bridgehead atoms. The van der Waals surface area contributed by atoms with Crippen molar-refractivity contribution < 1.29 is 9.53 Å². The van der Waals surface area contributed by atoms with Crippen LogP contribution in [-0.4, -0.2) is 12.6 Å². The molecule has 0 aliphatic carbocycles. The lowest BCUT2D eigenvalue weighted by Gasteiger charge is -2.08. The number of ether oxygens (including phenoxy) is 1. The van der Waals surface area contributed by atoms with Crippen LogP contribution in [0, 0.1) is 0 Å². The van der Waals surface area contributed by atoms with Gasteiger partial charge < -0.3 is 4.74 Å². The molecule has 1 radical (unpaired) electrons. The van der Waals surface area contributed by atoms with E-state index >= 15 is 0 Å². The Balaban J connectivity index is 2.68. The lowest BCUT2D eigenvalue weighted by atomic mass is 10.1. The summed E-state index contributed by atoms with van der Waals surface area (Å²) >= 11 is 5.02. The minimum absolute atomic E-state index is 0.344. The van der Waals surface area contributed by atoms with E-state index in [0.29, 0.717) is 6.61 Å². The van der Waals surface area contributed by atoms with Crippen LogP contribution in [0.5, 0.6) is 0 Å². The average molecular weight is 195 g/mol. The highest BCUT2D eigenvalue weighted by atomic mass is 32.1. The molecule has 0 amide bonds. The van der Waals surface area contributed by atoms with Gasteiger partial charge in [-0.1, -0.05) is 43.0 Å². The zero-order valence-corrected chi connectivity index (χ0v) is 8.21. The molecule has 0 N–H and O–H groups in total. The minimum Gasteiger partial charge on any atom is -0.465 e. The Labute approximate surface area is 83.3 Å². The zero-order valence-electron chi connectivity index (χ0n) is 7.40. The zero-order chi connectivity index (χ0) is 9.68. The maximum atomic E-state index is 11.2. The van der Waals surface area contributed by atoms with Crippen LogP contribution in [0.15, 0.2) is 30.3 Å². The van der Waals surface area contributed by atoms with Crippen LogP contribution >= 0.6 is 12.6 Å². The van der Waals surface area contributed by atoms with Crippen LogP contribution in [0.25, 0.3) is 0 Å². The molecule has 69 valence electrons. The van der Waals surface area contributed by atoms with Gasteiger partial charge in [-0.15, -0.1) is 0 Å². The Bertz CT molecular complexity index is 272. The average Bonchev–Trinajstić information content (AvgIpc) is 2.18. The van der Waals surface area contributed by atoms with Crippen molar-refractivity contribution in [3.63, 3.8) is 0 Å². The second kappa shape index (κ2) is 4.92. The molecule has 13 heavy (non-hydrogen) atoms. The summed E-state index contributed by atoms with van der Waals surface area (Å²) in [5.74, 6) is -0.344. The largest absolute Gasteiger partial charge is 0.465 e. The number of benzene rings is 1. The molecule has 2 nitrogen and oxygen atoms in total. The normalized spacial score (nSPS) is 12.2. The second-order valence-electron chi connectivity index (χ2n) is 2.54. The summed E-state index contributed by atoms with van der Waals surface area (Å²) < 4.78 is 4.81. The van der Waals surface area contributed by atoms with Crippen LogP contribution in [0.3, 0.4) is 0 Å². The number of rotatable bonds is 3. The molecule has 0 fully saturated rings. The van der Waals surface area contributed by atoms with Gasteiger partial charge in [0.05, 0.1) is 6.61 Å². The molecular weight excluding hydrogens is 184 g/mol. The predicted molar refractivity (Wildman–Crippen MR) is 53.4 cm³/mol. The molecule has 0 spiro atoms. The maximum Gasteiger partial charge on any atom is 0.324 e. The highest BCUT2D eigenvalue weighted by Gasteiger charge is 2.17. The molecule has 0 saturated heterocycles. The number of hydrogen-bond acceptors (Lipinski definition) is 2. The molecule has 0 heterocycles. The summed E-state index contributed by atoms with van der Waals surface area (Å²) in [6.45, 7) is 2.14. The predicted octanol–water partition coefficient (Wildman–Crippen LogP) is 2.49. The van der Waals surface area contributed by atoms with Gasteiger partial charge >= 0.3 is 5.97 Å².